The van der Waals surface area contributed by atoms with Gasteiger partial charge in [0.05, 0.1) is 6.54 Å². The minimum atomic E-state index is -0.0948. The molecule has 5 nitrogen and oxygen atoms in total. The number of carbonyl (C=O) groups excluding carboxylic acids is 2. The number of carbonyl (C=O) groups is 2. The van der Waals surface area contributed by atoms with Crippen LogP contribution >= 0.6 is 0 Å². The summed E-state index contributed by atoms with van der Waals surface area (Å²) in [4.78, 5) is 25.0. The number of hydrogen-bond acceptors (Lipinski definition) is 3. The molecular formula is C13H17N3O2. The Morgan fingerprint density at radius 3 is 2.72 bits per heavy atom. The number of nitrogens with zero attached hydrogens (tertiary/aromatic N) is 1. The van der Waals surface area contributed by atoms with E-state index in [0.29, 0.717) is 18.7 Å². The Hall–Kier alpha value is -1.88. The summed E-state index contributed by atoms with van der Waals surface area (Å²) in [5, 5.41) is 2.93. The fraction of sp³-hybridized carbons (Fsp3) is 0.385. The predicted molar refractivity (Wildman–Crippen MR) is 67.9 cm³/mol. The van der Waals surface area contributed by atoms with Gasteiger partial charge in [0.25, 0.3) is 5.91 Å². The van der Waals surface area contributed by atoms with Gasteiger partial charge in [-0.15, -0.1) is 0 Å². The predicted octanol–water partition coefficient (Wildman–Crippen LogP) is -0.0240. The molecule has 2 amide bonds. The van der Waals surface area contributed by atoms with Crippen LogP contribution in [0.2, 0.25) is 0 Å². The summed E-state index contributed by atoms with van der Waals surface area (Å²) in [5.74, 6) is -0.158. The summed E-state index contributed by atoms with van der Waals surface area (Å²) in [6.45, 7) is 1.24. The van der Waals surface area contributed by atoms with E-state index in [2.05, 4.69) is 5.32 Å². The summed E-state index contributed by atoms with van der Waals surface area (Å²) in [5.41, 5.74) is 5.95. The van der Waals surface area contributed by atoms with Crippen LogP contribution in [0.15, 0.2) is 30.3 Å². The van der Waals surface area contributed by atoms with Crippen molar-refractivity contribution in [2.45, 2.75) is 12.5 Å². The van der Waals surface area contributed by atoms with Crippen LogP contribution in [0.3, 0.4) is 0 Å². The highest BCUT2D eigenvalue weighted by Gasteiger charge is 2.26. The van der Waals surface area contributed by atoms with E-state index in [4.69, 9.17) is 5.73 Å². The number of likely N-dealkylation sites (tertiary alicyclic amines) is 1. The first-order valence-corrected chi connectivity index (χ1v) is 6.04. The van der Waals surface area contributed by atoms with Crippen LogP contribution in [0.5, 0.6) is 0 Å². The fourth-order valence-corrected chi connectivity index (χ4v) is 2.09. The smallest absolute Gasteiger partial charge is 0.251 e. The third kappa shape index (κ3) is 2.87. The molecule has 1 heterocycles. The van der Waals surface area contributed by atoms with E-state index in [1.807, 2.05) is 18.2 Å². The highest BCUT2D eigenvalue weighted by Crippen LogP contribution is 2.10. The van der Waals surface area contributed by atoms with Crippen molar-refractivity contribution in [1.82, 2.24) is 10.2 Å². The van der Waals surface area contributed by atoms with Gasteiger partial charge in [0.15, 0.2) is 0 Å². The number of hydrogen-bond donors (Lipinski definition) is 2. The van der Waals surface area contributed by atoms with Gasteiger partial charge in [0.1, 0.15) is 0 Å². The Balaban J connectivity index is 1.89. The number of nitrogens with two attached hydrogens (primary N) is 1. The van der Waals surface area contributed by atoms with E-state index < -0.39 is 0 Å². The van der Waals surface area contributed by atoms with Gasteiger partial charge in [0, 0.05) is 24.7 Å². The van der Waals surface area contributed by atoms with E-state index in [1.165, 1.54) is 0 Å². The van der Waals surface area contributed by atoms with Crippen LogP contribution in [-0.2, 0) is 4.79 Å². The van der Waals surface area contributed by atoms with Crippen LogP contribution < -0.4 is 11.1 Å². The molecule has 1 fully saturated rings. The van der Waals surface area contributed by atoms with Crippen molar-refractivity contribution in [1.29, 1.82) is 0 Å². The molecule has 5 heteroatoms. The topological polar surface area (TPSA) is 75.4 Å². The molecule has 2 rings (SSSR count). The van der Waals surface area contributed by atoms with Gasteiger partial charge in [-0.25, -0.2) is 0 Å². The first kappa shape index (κ1) is 12.6. The Morgan fingerprint density at radius 2 is 2.06 bits per heavy atom. The molecule has 0 aromatic heterocycles. The highest BCUT2D eigenvalue weighted by atomic mass is 16.2. The molecule has 0 spiro atoms. The minimum Gasteiger partial charge on any atom is -0.347 e. The van der Waals surface area contributed by atoms with Gasteiger partial charge >= 0.3 is 0 Å². The van der Waals surface area contributed by atoms with Crippen molar-refractivity contribution < 1.29 is 9.59 Å². The molecule has 0 aliphatic carbocycles. The monoisotopic (exact) mass is 247 g/mol. The SMILES string of the molecule is NCC(=O)N1CC[C@@H](NC(=O)c2ccccc2)C1. The molecule has 0 radical (unpaired) electrons. The molecule has 96 valence electrons. The second-order valence-corrected chi connectivity index (χ2v) is 4.37. The molecule has 1 aliphatic heterocycles. The molecule has 18 heavy (non-hydrogen) atoms. The largest absolute Gasteiger partial charge is 0.347 e. The average Bonchev–Trinajstić information content (AvgIpc) is 2.87. The van der Waals surface area contributed by atoms with E-state index in [9.17, 15) is 9.59 Å². The van der Waals surface area contributed by atoms with E-state index in [-0.39, 0.29) is 24.4 Å². The van der Waals surface area contributed by atoms with Gasteiger partial charge in [0.2, 0.25) is 5.91 Å². The molecule has 3 N–H and O–H groups in total. The lowest BCUT2D eigenvalue weighted by Gasteiger charge is -2.16. The summed E-state index contributed by atoms with van der Waals surface area (Å²) in [6.07, 6.45) is 0.782. The van der Waals surface area contributed by atoms with Crippen molar-refractivity contribution in [2.75, 3.05) is 19.6 Å². The third-order valence-electron chi connectivity index (χ3n) is 3.09. The zero-order chi connectivity index (χ0) is 13.0. The lowest BCUT2D eigenvalue weighted by molar-refractivity contribution is -0.128. The summed E-state index contributed by atoms with van der Waals surface area (Å²) >= 11 is 0. The Labute approximate surface area is 106 Å². The molecule has 0 unspecified atom stereocenters. The lowest BCUT2D eigenvalue weighted by Crippen LogP contribution is -2.40. The summed E-state index contributed by atoms with van der Waals surface area (Å²) in [7, 11) is 0. The maximum atomic E-state index is 11.9. The molecule has 1 aromatic carbocycles. The average molecular weight is 247 g/mol. The Bertz CT molecular complexity index is 433. The number of benzene rings is 1. The van der Waals surface area contributed by atoms with Crippen LogP contribution in [0.25, 0.3) is 0 Å². The van der Waals surface area contributed by atoms with Gasteiger partial charge in [-0.1, -0.05) is 18.2 Å². The van der Waals surface area contributed by atoms with Gasteiger partial charge < -0.3 is 16.0 Å². The first-order valence-electron chi connectivity index (χ1n) is 6.04. The molecular weight excluding hydrogens is 230 g/mol. The van der Waals surface area contributed by atoms with Crippen LogP contribution in [0.1, 0.15) is 16.8 Å². The minimum absolute atomic E-state index is 0.0215. The van der Waals surface area contributed by atoms with Crippen LogP contribution in [0, 0.1) is 0 Å². The quantitative estimate of drug-likeness (QED) is 0.788. The van der Waals surface area contributed by atoms with Crippen molar-refractivity contribution in [3.05, 3.63) is 35.9 Å². The van der Waals surface area contributed by atoms with Crippen molar-refractivity contribution in [3.8, 4) is 0 Å². The molecule has 1 saturated heterocycles. The van der Waals surface area contributed by atoms with Crippen molar-refractivity contribution >= 4 is 11.8 Å². The fourth-order valence-electron chi connectivity index (χ4n) is 2.09. The second-order valence-electron chi connectivity index (χ2n) is 4.37. The standard InChI is InChI=1S/C13H17N3O2/c14-8-12(17)16-7-6-11(9-16)15-13(18)10-4-2-1-3-5-10/h1-5,11H,6-9,14H2,(H,15,18)/t11-/m1/s1. The van der Waals surface area contributed by atoms with E-state index in [0.717, 1.165) is 6.42 Å². The van der Waals surface area contributed by atoms with Crippen molar-refractivity contribution in [2.24, 2.45) is 5.73 Å². The summed E-state index contributed by atoms with van der Waals surface area (Å²) in [6, 6.07) is 9.09. The maximum absolute atomic E-state index is 11.9. The highest BCUT2D eigenvalue weighted by molar-refractivity contribution is 5.94. The zero-order valence-electron chi connectivity index (χ0n) is 10.1. The molecule has 0 saturated carbocycles. The van der Waals surface area contributed by atoms with Gasteiger partial charge in [-0.3, -0.25) is 9.59 Å². The summed E-state index contributed by atoms with van der Waals surface area (Å²) < 4.78 is 0. The van der Waals surface area contributed by atoms with E-state index in [1.54, 1.807) is 17.0 Å². The molecule has 1 aromatic rings. The number of rotatable bonds is 3. The zero-order valence-corrected chi connectivity index (χ0v) is 10.1. The molecule has 0 bridgehead atoms. The van der Waals surface area contributed by atoms with Gasteiger partial charge in [-0.05, 0) is 18.6 Å². The third-order valence-corrected chi connectivity index (χ3v) is 3.09. The van der Waals surface area contributed by atoms with Crippen LogP contribution in [-0.4, -0.2) is 42.4 Å². The molecule has 1 atom stereocenters. The van der Waals surface area contributed by atoms with Gasteiger partial charge in [-0.2, -0.15) is 0 Å². The number of amides is 2. The maximum Gasteiger partial charge on any atom is 0.251 e. The normalized spacial score (nSPS) is 18.7. The Morgan fingerprint density at radius 1 is 1.33 bits per heavy atom. The number of nitrogens with one attached hydrogen (secondary N) is 1. The first-order chi connectivity index (χ1) is 8.70. The van der Waals surface area contributed by atoms with Crippen LogP contribution in [0.4, 0.5) is 0 Å². The van der Waals surface area contributed by atoms with Crippen molar-refractivity contribution in [3.63, 3.8) is 0 Å². The lowest BCUT2D eigenvalue weighted by atomic mass is 10.2. The molecule has 1 aliphatic rings. The second kappa shape index (κ2) is 5.64. The van der Waals surface area contributed by atoms with E-state index >= 15 is 0 Å². The Kier molecular flexibility index (Phi) is 3.94.